The lowest BCUT2D eigenvalue weighted by atomic mass is 10.0. The van der Waals surface area contributed by atoms with Gasteiger partial charge in [0.2, 0.25) is 0 Å². The second-order valence-electron chi connectivity index (χ2n) is 3.65. The first-order chi connectivity index (χ1) is 7.31. The van der Waals surface area contributed by atoms with E-state index in [1.54, 1.807) is 7.11 Å². The zero-order valence-corrected chi connectivity index (χ0v) is 8.92. The maximum Gasteiger partial charge on any atom is 0.142 e. The minimum atomic E-state index is 0.686. The number of hydrogen-bond donors (Lipinski definition) is 2. The number of ether oxygens (including phenoxy) is 1. The van der Waals surface area contributed by atoms with Gasteiger partial charge in [0.25, 0.3) is 0 Å². The number of nitrogens with two attached hydrogens (primary N) is 1. The summed E-state index contributed by atoms with van der Waals surface area (Å²) in [7, 11) is 1.64. The van der Waals surface area contributed by atoms with Crippen molar-refractivity contribution in [2.24, 2.45) is 0 Å². The number of hydrogen-bond acceptors (Lipinski definition) is 3. The van der Waals surface area contributed by atoms with E-state index in [-0.39, 0.29) is 0 Å². The molecule has 0 radical (unpaired) electrons. The molecule has 0 atom stereocenters. The molecule has 1 aliphatic rings. The number of nitrogens with one attached hydrogen (secondary N) is 1. The normalized spacial score (nSPS) is 15.9. The van der Waals surface area contributed by atoms with Gasteiger partial charge in [-0.25, -0.2) is 0 Å². The van der Waals surface area contributed by atoms with Crippen LogP contribution in [0.5, 0.6) is 5.75 Å². The summed E-state index contributed by atoms with van der Waals surface area (Å²) in [6.45, 7) is 1.99. The maximum atomic E-state index is 5.77. The second-order valence-corrected chi connectivity index (χ2v) is 3.65. The average Bonchev–Trinajstić information content (AvgIpc) is 2.31. The van der Waals surface area contributed by atoms with Gasteiger partial charge in [-0.3, -0.25) is 0 Å². The van der Waals surface area contributed by atoms with Crippen molar-refractivity contribution in [1.82, 2.24) is 5.32 Å². The highest BCUT2D eigenvalue weighted by Crippen LogP contribution is 2.26. The van der Waals surface area contributed by atoms with Gasteiger partial charge in [0.15, 0.2) is 0 Å². The van der Waals surface area contributed by atoms with E-state index in [0.29, 0.717) is 5.69 Å². The Balaban J connectivity index is 2.32. The molecule has 3 N–H and O–H groups in total. The molecular weight excluding hydrogens is 188 g/mol. The molecule has 1 aliphatic heterocycles. The molecular formula is C12H16N2O. The summed E-state index contributed by atoms with van der Waals surface area (Å²) < 4.78 is 5.20. The second kappa shape index (κ2) is 4.36. The maximum absolute atomic E-state index is 5.77. The molecule has 0 aliphatic carbocycles. The number of methoxy groups -OCH3 is 1. The lowest BCUT2D eigenvalue weighted by Crippen LogP contribution is -2.21. The van der Waals surface area contributed by atoms with Crippen molar-refractivity contribution in [2.45, 2.75) is 6.42 Å². The zero-order chi connectivity index (χ0) is 10.7. The fourth-order valence-electron chi connectivity index (χ4n) is 1.77. The Morgan fingerprint density at radius 3 is 2.93 bits per heavy atom. The van der Waals surface area contributed by atoms with E-state index < -0.39 is 0 Å². The molecule has 0 saturated heterocycles. The van der Waals surface area contributed by atoms with E-state index in [4.69, 9.17) is 10.5 Å². The Kier molecular flexibility index (Phi) is 2.92. The highest BCUT2D eigenvalue weighted by molar-refractivity contribution is 5.71. The third kappa shape index (κ3) is 2.13. The molecule has 0 aromatic heterocycles. The molecule has 0 amide bonds. The summed E-state index contributed by atoms with van der Waals surface area (Å²) >= 11 is 0. The summed E-state index contributed by atoms with van der Waals surface area (Å²) in [4.78, 5) is 0. The molecule has 0 fully saturated rings. The fourth-order valence-corrected chi connectivity index (χ4v) is 1.77. The summed E-state index contributed by atoms with van der Waals surface area (Å²) in [6.07, 6.45) is 3.35. The third-order valence-electron chi connectivity index (χ3n) is 2.63. The largest absolute Gasteiger partial charge is 0.495 e. The average molecular weight is 204 g/mol. The SMILES string of the molecule is COc1cc(C2=CCCNC2)ccc1N. The molecule has 0 saturated carbocycles. The molecule has 0 unspecified atom stereocenters. The summed E-state index contributed by atoms with van der Waals surface area (Å²) in [5.41, 5.74) is 8.96. The molecule has 1 heterocycles. The minimum absolute atomic E-state index is 0.686. The van der Waals surface area contributed by atoms with Crippen LogP contribution >= 0.6 is 0 Å². The molecule has 1 aromatic rings. The van der Waals surface area contributed by atoms with Gasteiger partial charge in [-0.15, -0.1) is 0 Å². The van der Waals surface area contributed by atoms with Crippen molar-refractivity contribution >= 4 is 11.3 Å². The molecule has 2 rings (SSSR count). The van der Waals surface area contributed by atoms with E-state index in [1.165, 1.54) is 11.1 Å². The van der Waals surface area contributed by atoms with E-state index in [2.05, 4.69) is 11.4 Å². The Bertz CT molecular complexity index is 385. The highest BCUT2D eigenvalue weighted by atomic mass is 16.5. The third-order valence-corrected chi connectivity index (χ3v) is 2.63. The van der Waals surface area contributed by atoms with Gasteiger partial charge in [-0.1, -0.05) is 12.1 Å². The van der Waals surface area contributed by atoms with E-state index in [1.807, 2.05) is 18.2 Å². The summed E-state index contributed by atoms with van der Waals surface area (Å²) in [5, 5.41) is 3.35. The van der Waals surface area contributed by atoms with Crippen molar-refractivity contribution in [3.05, 3.63) is 29.8 Å². The molecule has 1 aromatic carbocycles. The summed E-state index contributed by atoms with van der Waals surface area (Å²) in [5.74, 6) is 0.749. The lowest BCUT2D eigenvalue weighted by molar-refractivity contribution is 0.417. The van der Waals surface area contributed by atoms with Crippen LogP contribution in [-0.2, 0) is 0 Å². The first-order valence-corrected chi connectivity index (χ1v) is 5.15. The van der Waals surface area contributed by atoms with Crippen LogP contribution in [0.4, 0.5) is 5.69 Å². The van der Waals surface area contributed by atoms with Gasteiger partial charge in [0, 0.05) is 6.54 Å². The van der Waals surface area contributed by atoms with Gasteiger partial charge in [-0.05, 0) is 36.2 Å². The molecule has 3 nitrogen and oxygen atoms in total. The van der Waals surface area contributed by atoms with Crippen molar-refractivity contribution in [3.8, 4) is 5.75 Å². The Hall–Kier alpha value is -1.48. The van der Waals surface area contributed by atoms with Gasteiger partial charge >= 0.3 is 0 Å². The van der Waals surface area contributed by atoms with E-state index in [0.717, 1.165) is 25.3 Å². The molecule has 0 spiro atoms. The number of nitrogen functional groups attached to an aromatic ring is 1. The molecule has 15 heavy (non-hydrogen) atoms. The van der Waals surface area contributed by atoms with Crippen molar-refractivity contribution in [1.29, 1.82) is 0 Å². The van der Waals surface area contributed by atoms with Crippen molar-refractivity contribution < 1.29 is 4.74 Å². The van der Waals surface area contributed by atoms with Crippen LogP contribution in [0.1, 0.15) is 12.0 Å². The lowest BCUT2D eigenvalue weighted by Gasteiger charge is -2.15. The van der Waals surface area contributed by atoms with Crippen LogP contribution < -0.4 is 15.8 Å². The smallest absolute Gasteiger partial charge is 0.142 e. The van der Waals surface area contributed by atoms with Gasteiger partial charge in [0.1, 0.15) is 5.75 Å². The first-order valence-electron chi connectivity index (χ1n) is 5.15. The monoisotopic (exact) mass is 204 g/mol. The van der Waals surface area contributed by atoms with Crippen molar-refractivity contribution in [3.63, 3.8) is 0 Å². The van der Waals surface area contributed by atoms with Crippen LogP contribution in [0.2, 0.25) is 0 Å². The van der Waals surface area contributed by atoms with Crippen LogP contribution in [0.15, 0.2) is 24.3 Å². The zero-order valence-electron chi connectivity index (χ0n) is 8.92. The Labute approximate surface area is 89.9 Å². The van der Waals surface area contributed by atoms with E-state index in [9.17, 15) is 0 Å². The van der Waals surface area contributed by atoms with Crippen molar-refractivity contribution in [2.75, 3.05) is 25.9 Å². The van der Waals surface area contributed by atoms with Gasteiger partial charge < -0.3 is 15.8 Å². The number of rotatable bonds is 2. The van der Waals surface area contributed by atoms with Crippen LogP contribution in [0.25, 0.3) is 5.57 Å². The minimum Gasteiger partial charge on any atom is -0.495 e. The fraction of sp³-hybridized carbons (Fsp3) is 0.333. The van der Waals surface area contributed by atoms with Crippen LogP contribution in [0, 0.1) is 0 Å². The molecule has 0 bridgehead atoms. The van der Waals surface area contributed by atoms with Crippen LogP contribution in [-0.4, -0.2) is 20.2 Å². The predicted octanol–water partition coefficient (Wildman–Crippen LogP) is 1.65. The quantitative estimate of drug-likeness (QED) is 0.720. The highest BCUT2D eigenvalue weighted by Gasteiger charge is 2.07. The van der Waals surface area contributed by atoms with Gasteiger partial charge in [-0.2, -0.15) is 0 Å². The first kappa shape index (κ1) is 10.1. The number of benzene rings is 1. The van der Waals surface area contributed by atoms with Crippen LogP contribution in [0.3, 0.4) is 0 Å². The molecule has 3 heteroatoms. The topological polar surface area (TPSA) is 47.3 Å². The summed E-state index contributed by atoms with van der Waals surface area (Å²) in [6, 6.07) is 5.93. The van der Waals surface area contributed by atoms with Gasteiger partial charge in [0.05, 0.1) is 12.8 Å². The Morgan fingerprint density at radius 2 is 2.27 bits per heavy atom. The standard InChI is InChI=1S/C12H16N2O/c1-15-12-7-9(4-5-11(12)13)10-3-2-6-14-8-10/h3-5,7,14H,2,6,8,13H2,1H3. The predicted molar refractivity (Wildman–Crippen MR) is 62.9 cm³/mol. The van der Waals surface area contributed by atoms with E-state index >= 15 is 0 Å². The Morgan fingerprint density at radius 1 is 1.40 bits per heavy atom. The molecule has 80 valence electrons. The number of anilines is 1.